The van der Waals surface area contributed by atoms with E-state index in [9.17, 15) is 4.79 Å². The minimum atomic E-state index is -0.196. The SMILES string of the molecule is CC(CO)CNC(=O)/C=C/c1ccnc(Cl)c1. The third kappa shape index (κ3) is 5.47. The number of nitrogens with one attached hydrogen (secondary N) is 1. The topological polar surface area (TPSA) is 62.2 Å². The predicted molar refractivity (Wildman–Crippen MR) is 67.5 cm³/mol. The normalized spacial score (nSPS) is 12.6. The van der Waals surface area contributed by atoms with Gasteiger partial charge in [0.05, 0.1) is 0 Å². The number of carbonyl (C=O) groups is 1. The van der Waals surface area contributed by atoms with E-state index in [0.717, 1.165) is 5.56 Å². The quantitative estimate of drug-likeness (QED) is 0.618. The molecule has 2 N–H and O–H groups in total. The predicted octanol–water partition coefficient (Wildman–Crippen LogP) is 1.49. The molecule has 0 radical (unpaired) electrons. The summed E-state index contributed by atoms with van der Waals surface area (Å²) in [5.74, 6) is -0.138. The van der Waals surface area contributed by atoms with E-state index in [-0.39, 0.29) is 18.4 Å². The van der Waals surface area contributed by atoms with Crippen LogP contribution in [0.15, 0.2) is 24.4 Å². The number of aliphatic hydroxyl groups is 1. The molecular formula is C12H15ClN2O2. The Morgan fingerprint density at radius 1 is 1.71 bits per heavy atom. The molecule has 0 aliphatic heterocycles. The van der Waals surface area contributed by atoms with Crippen molar-refractivity contribution in [3.63, 3.8) is 0 Å². The third-order valence-corrected chi connectivity index (χ3v) is 2.32. The average molecular weight is 255 g/mol. The number of aromatic nitrogens is 1. The van der Waals surface area contributed by atoms with Crippen LogP contribution in [0, 0.1) is 5.92 Å². The lowest BCUT2D eigenvalue weighted by atomic mass is 10.2. The molecule has 4 nitrogen and oxygen atoms in total. The molecule has 0 saturated carbocycles. The summed E-state index contributed by atoms with van der Waals surface area (Å²) in [6.07, 6.45) is 4.66. The minimum Gasteiger partial charge on any atom is -0.396 e. The van der Waals surface area contributed by atoms with Crippen LogP contribution in [-0.4, -0.2) is 29.1 Å². The number of hydrogen-bond donors (Lipinski definition) is 2. The largest absolute Gasteiger partial charge is 0.396 e. The second-order valence-corrected chi connectivity index (χ2v) is 4.17. The summed E-state index contributed by atoms with van der Waals surface area (Å²) in [5.41, 5.74) is 0.815. The molecule has 1 rings (SSSR count). The summed E-state index contributed by atoms with van der Waals surface area (Å²) in [5, 5.41) is 11.9. The van der Waals surface area contributed by atoms with Crippen molar-refractivity contribution in [3.8, 4) is 0 Å². The van der Waals surface area contributed by atoms with Crippen LogP contribution in [0.1, 0.15) is 12.5 Å². The number of carbonyl (C=O) groups excluding carboxylic acids is 1. The summed E-state index contributed by atoms with van der Waals surface area (Å²) in [4.78, 5) is 15.2. The van der Waals surface area contributed by atoms with E-state index < -0.39 is 0 Å². The fourth-order valence-electron chi connectivity index (χ4n) is 1.09. The Hall–Kier alpha value is -1.39. The van der Waals surface area contributed by atoms with E-state index in [1.54, 1.807) is 24.4 Å². The van der Waals surface area contributed by atoms with Gasteiger partial charge in [-0.1, -0.05) is 18.5 Å². The maximum atomic E-state index is 11.4. The summed E-state index contributed by atoms with van der Waals surface area (Å²) in [6.45, 7) is 2.37. The maximum Gasteiger partial charge on any atom is 0.244 e. The van der Waals surface area contributed by atoms with Gasteiger partial charge in [-0.05, 0) is 29.7 Å². The third-order valence-electron chi connectivity index (χ3n) is 2.11. The molecule has 0 saturated heterocycles. The number of rotatable bonds is 5. The van der Waals surface area contributed by atoms with E-state index in [1.165, 1.54) is 6.08 Å². The summed E-state index contributed by atoms with van der Waals surface area (Å²) in [7, 11) is 0. The fourth-order valence-corrected chi connectivity index (χ4v) is 1.27. The second-order valence-electron chi connectivity index (χ2n) is 3.78. The zero-order valence-electron chi connectivity index (χ0n) is 9.56. The van der Waals surface area contributed by atoms with Gasteiger partial charge in [0, 0.05) is 25.4 Å². The average Bonchev–Trinajstić information content (AvgIpc) is 2.33. The molecular weight excluding hydrogens is 240 g/mol. The Morgan fingerprint density at radius 3 is 3.12 bits per heavy atom. The van der Waals surface area contributed by atoms with Gasteiger partial charge >= 0.3 is 0 Å². The highest BCUT2D eigenvalue weighted by atomic mass is 35.5. The molecule has 92 valence electrons. The van der Waals surface area contributed by atoms with E-state index >= 15 is 0 Å². The lowest BCUT2D eigenvalue weighted by Gasteiger charge is -2.07. The molecule has 0 spiro atoms. The van der Waals surface area contributed by atoms with Crippen LogP contribution in [0.3, 0.4) is 0 Å². The van der Waals surface area contributed by atoms with Gasteiger partial charge in [0.1, 0.15) is 5.15 Å². The van der Waals surface area contributed by atoms with Crippen LogP contribution in [-0.2, 0) is 4.79 Å². The molecule has 1 unspecified atom stereocenters. The Bertz CT molecular complexity index is 407. The van der Waals surface area contributed by atoms with Gasteiger partial charge in [-0.3, -0.25) is 4.79 Å². The lowest BCUT2D eigenvalue weighted by Crippen LogP contribution is -2.27. The molecule has 1 atom stereocenters. The standard InChI is InChI=1S/C12H15ClN2O2/c1-9(8-16)7-15-12(17)3-2-10-4-5-14-11(13)6-10/h2-6,9,16H,7-8H2,1H3,(H,15,17)/b3-2+. The first-order valence-electron chi connectivity index (χ1n) is 5.30. The van der Waals surface area contributed by atoms with Crippen molar-refractivity contribution in [1.82, 2.24) is 10.3 Å². The maximum absolute atomic E-state index is 11.4. The summed E-state index contributed by atoms with van der Waals surface area (Å²) < 4.78 is 0. The van der Waals surface area contributed by atoms with E-state index in [2.05, 4.69) is 10.3 Å². The van der Waals surface area contributed by atoms with E-state index in [4.69, 9.17) is 16.7 Å². The second kappa shape index (κ2) is 7.04. The molecule has 0 bridgehead atoms. The van der Waals surface area contributed by atoms with Crippen molar-refractivity contribution >= 4 is 23.6 Å². The molecule has 0 aliphatic rings. The van der Waals surface area contributed by atoms with Crippen LogP contribution < -0.4 is 5.32 Å². The molecule has 5 heteroatoms. The molecule has 1 aromatic heterocycles. The Balaban J connectivity index is 2.45. The zero-order chi connectivity index (χ0) is 12.7. The number of hydrogen-bond acceptors (Lipinski definition) is 3. The van der Waals surface area contributed by atoms with Crippen molar-refractivity contribution < 1.29 is 9.90 Å². The molecule has 0 aromatic carbocycles. The molecule has 1 amide bonds. The highest BCUT2D eigenvalue weighted by Gasteiger charge is 2.01. The van der Waals surface area contributed by atoms with Crippen LogP contribution in [0.4, 0.5) is 0 Å². The van der Waals surface area contributed by atoms with Crippen molar-refractivity contribution in [2.75, 3.05) is 13.2 Å². The number of amides is 1. The van der Waals surface area contributed by atoms with Gasteiger partial charge in [-0.25, -0.2) is 4.98 Å². The first kappa shape index (κ1) is 13.7. The van der Waals surface area contributed by atoms with E-state index in [1.807, 2.05) is 6.92 Å². The highest BCUT2D eigenvalue weighted by molar-refractivity contribution is 6.29. The Labute approximate surface area is 105 Å². The number of halogens is 1. The van der Waals surface area contributed by atoms with Gasteiger partial charge in [0.15, 0.2) is 0 Å². The number of pyridine rings is 1. The van der Waals surface area contributed by atoms with Gasteiger partial charge in [-0.15, -0.1) is 0 Å². The first-order chi connectivity index (χ1) is 8.11. The highest BCUT2D eigenvalue weighted by Crippen LogP contribution is 2.08. The molecule has 1 heterocycles. The molecule has 0 aliphatic carbocycles. The van der Waals surface area contributed by atoms with Gasteiger partial charge in [-0.2, -0.15) is 0 Å². The van der Waals surface area contributed by atoms with Gasteiger partial charge < -0.3 is 10.4 Å². The van der Waals surface area contributed by atoms with Crippen LogP contribution in [0.25, 0.3) is 6.08 Å². The smallest absolute Gasteiger partial charge is 0.244 e. The zero-order valence-corrected chi connectivity index (χ0v) is 10.3. The van der Waals surface area contributed by atoms with Crippen LogP contribution >= 0.6 is 11.6 Å². The van der Waals surface area contributed by atoms with Crippen molar-refractivity contribution in [2.24, 2.45) is 5.92 Å². The van der Waals surface area contributed by atoms with E-state index in [0.29, 0.717) is 11.7 Å². The van der Waals surface area contributed by atoms with Crippen molar-refractivity contribution in [1.29, 1.82) is 0 Å². The van der Waals surface area contributed by atoms with Gasteiger partial charge in [0.25, 0.3) is 0 Å². The Kier molecular flexibility index (Phi) is 5.66. The summed E-state index contributed by atoms with van der Waals surface area (Å²) in [6, 6.07) is 3.42. The minimum absolute atomic E-state index is 0.0581. The number of nitrogens with zero attached hydrogens (tertiary/aromatic N) is 1. The molecule has 1 aromatic rings. The molecule has 17 heavy (non-hydrogen) atoms. The monoisotopic (exact) mass is 254 g/mol. The van der Waals surface area contributed by atoms with Crippen LogP contribution in [0.2, 0.25) is 5.15 Å². The first-order valence-corrected chi connectivity index (χ1v) is 5.68. The number of aliphatic hydroxyl groups excluding tert-OH is 1. The van der Waals surface area contributed by atoms with Crippen molar-refractivity contribution in [3.05, 3.63) is 35.1 Å². The van der Waals surface area contributed by atoms with Crippen molar-refractivity contribution in [2.45, 2.75) is 6.92 Å². The summed E-state index contributed by atoms with van der Waals surface area (Å²) >= 11 is 5.71. The fraction of sp³-hybridized carbons (Fsp3) is 0.333. The van der Waals surface area contributed by atoms with Gasteiger partial charge in [0.2, 0.25) is 5.91 Å². The Morgan fingerprint density at radius 2 is 2.47 bits per heavy atom. The molecule has 0 fully saturated rings. The lowest BCUT2D eigenvalue weighted by molar-refractivity contribution is -0.116. The van der Waals surface area contributed by atoms with Crippen LogP contribution in [0.5, 0.6) is 0 Å².